The van der Waals surface area contributed by atoms with Crippen LogP contribution in [0.3, 0.4) is 0 Å². The Morgan fingerprint density at radius 1 is 0.275 bits per heavy atom. The van der Waals surface area contributed by atoms with E-state index in [0.717, 1.165) is 115 Å². The van der Waals surface area contributed by atoms with Gasteiger partial charge in [-0.1, -0.05) is 388 Å². The largest absolute Gasteiger partial charge is 0.472 e. The van der Waals surface area contributed by atoms with E-state index in [4.69, 9.17) is 37.0 Å². The zero-order chi connectivity index (χ0) is 74.9. The first kappa shape index (κ1) is 100. The first-order chi connectivity index (χ1) is 49.4. The van der Waals surface area contributed by atoms with Crippen molar-refractivity contribution in [3.8, 4) is 0 Å². The Bertz CT molecular complexity index is 1960. The van der Waals surface area contributed by atoms with Crippen LogP contribution in [-0.4, -0.2) is 96.7 Å². The highest BCUT2D eigenvalue weighted by Crippen LogP contribution is 2.45. The summed E-state index contributed by atoms with van der Waals surface area (Å²) in [4.78, 5) is 72.9. The summed E-state index contributed by atoms with van der Waals surface area (Å²) >= 11 is 0. The Labute approximate surface area is 626 Å². The molecular weight excluding hydrogens is 1330 g/mol. The van der Waals surface area contributed by atoms with Crippen molar-refractivity contribution in [1.82, 2.24) is 0 Å². The second-order valence-corrected chi connectivity index (χ2v) is 33.3. The highest BCUT2D eigenvalue weighted by Gasteiger charge is 2.30. The third-order valence-electron chi connectivity index (χ3n) is 20.2. The van der Waals surface area contributed by atoms with E-state index in [9.17, 15) is 43.2 Å². The Hall–Kier alpha value is -1.94. The number of rotatable bonds is 82. The molecule has 17 nitrogen and oxygen atoms in total. The topological polar surface area (TPSA) is 237 Å². The summed E-state index contributed by atoms with van der Waals surface area (Å²) < 4.78 is 68.6. The molecule has 0 aliphatic carbocycles. The molecule has 0 saturated heterocycles. The smallest absolute Gasteiger partial charge is 0.462 e. The number of carbonyl (C=O) groups excluding carboxylic acids is 4. The molecule has 0 aromatic rings. The molecule has 0 heterocycles. The maximum absolute atomic E-state index is 13.1. The van der Waals surface area contributed by atoms with E-state index in [-0.39, 0.29) is 25.7 Å². The van der Waals surface area contributed by atoms with Crippen molar-refractivity contribution in [2.45, 2.75) is 458 Å². The summed E-state index contributed by atoms with van der Waals surface area (Å²) in [6, 6.07) is 0. The van der Waals surface area contributed by atoms with Crippen LogP contribution in [0.1, 0.15) is 440 Å². The van der Waals surface area contributed by atoms with Crippen LogP contribution in [0.4, 0.5) is 0 Å². The van der Waals surface area contributed by atoms with Crippen LogP contribution < -0.4 is 0 Å². The molecule has 0 saturated carbocycles. The van der Waals surface area contributed by atoms with Gasteiger partial charge in [-0.15, -0.1) is 0 Å². The van der Waals surface area contributed by atoms with Crippen molar-refractivity contribution in [3.63, 3.8) is 0 Å². The number of carbonyl (C=O) groups is 4. The Balaban J connectivity index is 5.15. The number of phosphoric acid groups is 2. The number of esters is 4. The van der Waals surface area contributed by atoms with Crippen molar-refractivity contribution in [2.75, 3.05) is 39.6 Å². The lowest BCUT2D eigenvalue weighted by atomic mass is 9.99. The van der Waals surface area contributed by atoms with Gasteiger partial charge in [-0.05, 0) is 37.5 Å². The first-order valence-electron chi connectivity index (χ1n) is 43.1. The van der Waals surface area contributed by atoms with Crippen LogP contribution in [0.25, 0.3) is 0 Å². The molecule has 0 aliphatic heterocycles. The van der Waals surface area contributed by atoms with E-state index in [2.05, 4.69) is 41.5 Å². The van der Waals surface area contributed by atoms with Gasteiger partial charge in [-0.3, -0.25) is 37.3 Å². The molecule has 0 aromatic heterocycles. The zero-order valence-corrected chi connectivity index (χ0v) is 68.7. The van der Waals surface area contributed by atoms with Gasteiger partial charge in [0, 0.05) is 25.7 Å². The Morgan fingerprint density at radius 3 is 0.696 bits per heavy atom. The van der Waals surface area contributed by atoms with E-state index in [0.29, 0.717) is 25.7 Å². The third-order valence-corrected chi connectivity index (χ3v) is 22.1. The van der Waals surface area contributed by atoms with Gasteiger partial charge in [0.2, 0.25) is 0 Å². The predicted molar refractivity (Wildman–Crippen MR) is 418 cm³/mol. The Kier molecular flexibility index (Phi) is 73.1. The summed E-state index contributed by atoms with van der Waals surface area (Å²) in [5.41, 5.74) is 0. The van der Waals surface area contributed by atoms with Crippen molar-refractivity contribution in [2.24, 2.45) is 11.8 Å². The maximum Gasteiger partial charge on any atom is 0.472 e. The molecule has 0 rings (SSSR count). The minimum absolute atomic E-state index is 0.105. The molecule has 0 fully saturated rings. The Morgan fingerprint density at radius 2 is 0.471 bits per heavy atom. The van der Waals surface area contributed by atoms with Gasteiger partial charge in [0.15, 0.2) is 12.2 Å². The van der Waals surface area contributed by atoms with Crippen molar-refractivity contribution in [1.29, 1.82) is 0 Å². The second kappa shape index (κ2) is 74.5. The number of phosphoric ester groups is 2. The molecule has 606 valence electrons. The summed E-state index contributed by atoms with van der Waals surface area (Å²) in [7, 11) is -9.91. The molecule has 0 radical (unpaired) electrons. The SMILES string of the molecule is CCCCCCCCCCCCCCCCCCCCCCCC(=O)OC[C@H](COP(=O)(O)OC[C@@H](O)COP(=O)(O)OC[C@@H](COC(=O)CCCCCCCCC)OC(=O)CCCCCCCCCCC(C)CC)OC(=O)CCCCCCCCCCCCCCCCCCCCC(C)CC. The molecular formula is C83H162O17P2. The van der Waals surface area contributed by atoms with Crippen molar-refractivity contribution < 1.29 is 80.2 Å². The molecule has 102 heavy (non-hydrogen) atoms. The van der Waals surface area contributed by atoms with E-state index in [1.165, 1.54) is 244 Å². The van der Waals surface area contributed by atoms with Crippen molar-refractivity contribution in [3.05, 3.63) is 0 Å². The monoisotopic (exact) mass is 1490 g/mol. The van der Waals surface area contributed by atoms with Gasteiger partial charge in [-0.25, -0.2) is 9.13 Å². The van der Waals surface area contributed by atoms with E-state index in [1.54, 1.807) is 0 Å². The van der Waals surface area contributed by atoms with Gasteiger partial charge in [-0.2, -0.15) is 0 Å². The number of aliphatic hydroxyl groups is 1. The molecule has 4 unspecified atom stereocenters. The third kappa shape index (κ3) is 73.6. The fourth-order valence-electron chi connectivity index (χ4n) is 12.8. The fourth-order valence-corrected chi connectivity index (χ4v) is 14.4. The van der Waals surface area contributed by atoms with E-state index < -0.39 is 97.5 Å². The average molecular weight is 1490 g/mol. The minimum Gasteiger partial charge on any atom is -0.462 e. The number of aliphatic hydroxyl groups excluding tert-OH is 1. The van der Waals surface area contributed by atoms with Crippen molar-refractivity contribution >= 4 is 39.5 Å². The molecule has 0 spiro atoms. The normalized spacial score (nSPS) is 14.4. The standard InChI is InChI=1S/C83H162O17P2/c1-7-11-13-15-17-18-19-20-21-22-23-24-25-29-32-35-38-41-48-54-60-66-81(86)94-72-79(99-82(87)67-61-55-49-42-39-36-33-30-27-26-28-31-34-37-40-46-51-57-63-75(5)9-3)74-98-102(91,92)96-70-77(84)69-95-101(89,90)97-73-78(71-93-80(85)65-59-53-45-16-14-12-8-2)100-83(88)68-62-56-50-44-43-47-52-58-64-76(6)10-4/h75-79,84H,7-74H2,1-6H3,(H,89,90)(H,91,92)/t75?,76?,77-,78+,79+/m0/s1. The van der Waals surface area contributed by atoms with Crippen LogP contribution >= 0.6 is 15.6 Å². The first-order valence-corrected chi connectivity index (χ1v) is 46.1. The van der Waals surface area contributed by atoms with Gasteiger partial charge >= 0.3 is 39.5 Å². The van der Waals surface area contributed by atoms with Crippen LogP contribution in [0.5, 0.6) is 0 Å². The quantitative estimate of drug-likeness (QED) is 0.0222. The molecule has 19 heteroatoms. The number of unbranched alkanes of at least 4 members (excludes halogenated alkanes) is 50. The molecule has 0 aromatic carbocycles. The lowest BCUT2D eigenvalue weighted by Gasteiger charge is -2.21. The molecule has 7 atom stereocenters. The second-order valence-electron chi connectivity index (χ2n) is 30.4. The molecule has 3 N–H and O–H groups in total. The van der Waals surface area contributed by atoms with E-state index in [1.807, 2.05) is 0 Å². The zero-order valence-electron chi connectivity index (χ0n) is 66.9. The lowest BCUT2D eigenvalue weighted by Crippen LogP contribution is -2.30. The number of hydrogen-bond acceptors (Lipinski definition) is 15. The number of ether oxygens (including phenoxy) is 4. The molecule has 0 aliphatic rings. The lowest BCUT2D eigenvalue weighted by molar-refractivity contribution is -0.161. The summed E-state index contributed by atoms with van der Waals surface area (Å²) in [5, 5.41) is 10.6. The average Bonchev–Trinajstić information content (AvgIpc) is 0.915. The van der Waals surface area contributed by atoms with Crippen LogP contribution in [0, 0.1) is 11.8 Å². The van der Waals surface area contributed by atoms with Gasteiger partial charge in [0.05, 0.1) is 26.4 Å². The van der Waals surface area contributed by atoms with Gasteiger partial charge in [0.1, 0.15) is 19.3 Å². The minimum atomic E-state index is -4.96. The molecule has 0 amide bonds. The van der Waals surface area contributed by atoms with Gasteiger partial charge in [0.25, 0.3) is 0 Å². The van der Waals surface area contributed by atoms with Crippen LogP contribution in [0.2, 0.25) is 0 Å². The van der Waals surface area contributed by atoms with Gasteiger partial charge < -0.3 is 33.8 Å². The maximum atomic E-state index is 13.1. The van der Waals surface area contributed by atoms with E-state index >= 15 is 0 Å². The summed E-state index contributed by atoms with van der Waals surface area (Å²) in [6.07, 6.45) is 65.6. The fraction of sp³-hybridized carbons (Fsp3) is 0.952. The van der Waals surface area contributed by atoms with Crippen LogP contribution in [-0.2, 0) is 65.4 Å². The van der Waals surface area contributed by atoms with Crippen LogP contribution in [0.15, 0.2) is 0 Å². The summed E-state index contributed by atoms with van der Waals surface area (Å²) in [6.45, 7) is 9.66. The number of hydrogen-bond donors (Lipinski definition) is 3. The molecule has 0 bridgehead atoms. The highest BCUT2D eigenvalue weighted by atomic mass is 31.2. The highest BCUT2D eigenvalue weighted by molar-refractivity contribution is 7.47. The predicted octanol–water partition coefficient (Wildman–Crippen LogP) is 25.1. The summed E-state index contributed by atoms with van der Waals surface area (Å²) in [5.74, 6) is -0.474.